The van der Waals surface area contributed by atoms with Gasteiger partial charge >= 0.3 is 0 Å². The van der Waals surface area contributed by atoms with Gasteiger partial charge in [-0.3, -0.25) is 9.52 Å². The lowest BCUT2D eigenvalue weighted by molar-refractivity contribution is 0.0698. The molecule has 0 aliphatic carbocycles. The van der Waals surface area contributed by atoms with Crippen LogP contribution >= 0.6 is 0 Å². The highest BCUT2D eigenvalue weighted by Crippen LogP contribution is 2.22. The number of nitrogens with zero attached hydrogens (tertiary/aromatic N) is 1. The van der Waals surface area contributed by atoms with Crippen molar-refractivity contribution >= 4 is 21.6 Å². The van der Waals surface area contributed by atoms with Crippen molar-refractivity contribution in [3.8, 4) is 0 Å². The van der Waals surface area contributed by atoms with Gasteiger partial charge in [0.05, 0.1) is 17.5 Å². The number of benzene rings is 1. The molecule has 0 bridgehead atoms. The highest BCUT2D eigenvalue weighted by Gasteiger charge is 2.23. The number of para-hydroxylation sites is 1. The lowest BCUT2D eigenvalue weighted by atomic mass is 9.98. The monoisotopic (exact) mass is 296 g/mol. The number of amides is 1. The number of carbonyl (C=O) groups is 1. The first-order valence-corrected chi connectivity index (χ1v) is 8.62. The lowest BCUT2D eigenvalue weighted by Gasteiger charge is -2.30. The summed E-state index contributed by atoms with van der Waals surface area (Å²) in [7, 11) is -3.39. The average Bonchev–Trinajstić information content (AvgIpc) is 2.37. The smallest absolute Gasteiger partial charge is 0.255 e. The van der Waals surface area contributed by atoms with Gasteiger partial charge in [-0.05, 0) is 30.9 Å². The predicted molar refractivity (Wildman–Crippen MR) is 79.2 cm³/mol. The summed E-state index contributed by atoms with van der Waals surface area (Å²) in [6.45, 7) is 3.64. The van der Waals surface area contributed by atoms with Crippen LogP contribution in [0.1, 0.15) is 30.1 Å². The molecule has 1 aromatic carbocycles. The minimum Gasteiger partial charge on any atom is -0.339 e. The summed E-state index contributed by atoms with van der Waals surface area (Å²) in [5, 5.41) is 0. The molecular formula is C14H20N2O3S. The number of hydrogen-bond donors (Lipinski definition) is 1. The molecule has 1 heterocycles. The number of rotatable bonds is 3. The highest BCUT2D eigenvalue weighted by atomic mass is 32.2. The Labute approximate surface area is 120 Å². The molecule has 110 valence electrons. The van der Waals surface area contributed by atoms with E-state index in [-0.39, 0.29) is 5.91 Å². The van der Waals surface area contributed by atoms with Gasteiger partial charge in [-0.25, -0.2) is 8.42 Å². The molecule has 0 unspecified atom stereocenters. The van der Waals surface area contributed by atoms with Crippen LogP contribution in [0.2, 0.25) is 0 Å². The summed E-state index contributed by atoms with van der Waals surface area (Å²) < 4.78 is 25.1. The van der Waals surface area contributed by atoms with Crippen LogP contribution in [-0.2, 0) is 10.0 Å². The van der Waals surface area contributed by atoms with E-state index in [0.29, 0.717) is 17.2 Å². The third kappa shape index (κ3) is 3.72. The molecule has 6 heteroatoms. The van der Waals surface area contributed by atoms with Gasteiger partial charge in [0.15, 0.2) is 0 Å². The zero-order valence-electron chi connectivity index (χ0n) is 11.8. The van der Waals surface area contributed by atoms with Crippen LogP contribution in [0.3, 0.4) is 0 Å². The van der Waals surface area contributed by atoms with Gasteiger partial charge in [-0.15, -0.1) is 0 Å². The van der Waals surface area contributed by atoms with Gasteiger partial charge in [0.1, 0.15) is 0 Å². The standard InChI is InChI=1S/C14H20N2O3S/c1-11-7-9-16(10-8-11)14(17)12-5-3-4-6-13(12)15-20(2,18)19/h3-6,11,15H,7-10H2,1-2H3. The molecule has 1 aliphatic rings. The first-order chi connectivity index (χ1) is 9.37. The second-order valence-corrected chi connectivity index (χ2v) is 7.14. The zero-order chi connectivity index (χ0) is 14.8. The van der Waals surface area contributed by atoms with Crippen molar-refractivity contribution in [2.75, 3.05) is 24.1 Å². The summed E-state index contributed by atoms with van der Waals surface area (Å²) in [4.78, 5) is 14.3. The average molecular weight is 296 g/mol. The van der Waals surface area contributed by atoms with Gasteiger partial charge in [0, 0.05) is 13.1 Å². The Morgan fingerprint density at radius 3 is 2.45 bits per heavy atom. The molecule has 0 aromatic heterocycles. The van der Waals surface area contributed by atoms with E-state index in [1.165, 1.54) is 0 Å². The van der Waals surface area contributed by atoms with Crippen LogP contribution in [0.15, 0.2) is 24.3 Å². The first-order valence-electron chi connectivity index (χ1n) is 6.73. The van der Waals surface area contributed by atoms with Crippen LogP contribution in [-0.4, -0.2) is 38.6 Å². The maximum absolute atomic E-state index is 12.5. The molecule has 2 rings (SSSR count). The Kier molecular flexibility index (Phi) is 4.32. The number of likely N-dealkylation sites (tertiary alicyclic amines) is 1. The molecule has 0 spiro atoms. The predicted octanol–water partition coefficient (Wildman–Crippen LogP) is 1.93. The van der Waals surface area contributed by atoms with Gasteiger partial charge < -0.3 is 4.90 Å². The number of anilines is 1. The fourth-order valence-electron chi connectivity index (χ4n) is 2.34. The number of nitrogens with one attached hydrogen (secondary N) is 1. The van der Waals surface area contributed by atoms with Gasteiger partial charge in [-0.2, -0.15) is 0 Å². The van der Waals surface area contributed by atoms with E-state index in [1.54, 1.807) is 29.2 Å². The number of hydrogen-bond acceptors (Lipinski definition) is 3. The normalized spacial score (nSPS) is 17.0. The lowest BCUT2D eigenvalue weighted by Crippen LogP contribution is -2.38. The summed E-state index contributed by atoms with van der Waals surface area (Å²) in [6, 6.07) is 6.73. The molecular weight excluding hydrogens is 276 g/mol. The highest BCUT2D eigenvalue weighted by molar-refractivity contribution is 7.92. The Balaban J connectivity index is 2.21. The third-order valence-corrected chi connectivity index (χ3v) is 4.11. The van der Waals surface area contributed by atoms with E-state index < -0.39 is 10.0 Å². The number of piperidine rings is 1. The topological polar surface area (TPSA) is 66.5 Å². The van der Waals surface area contributed by atoms with Crippen molar-refractivity contribution in [3.63, 3.8) is 0 Å². The Morgan fingerprint density at radius 2 is 1.85 bits per heavy atom. The molecule has 1 aliphatic heterocycles. The minimum atomic E-state index is -3.39. The fraction of sp³-hybridized carbons (Fsp3) is 0.500. The molecule has 20 heavy (non-hydrogen) atoms. The molecule has 1 amide bonds. The Morgan fingerprint density at radius 1 is 1.25 bits per heavy atom. The molecule has 5 nitrogen and oxygen atoms in total. The fourth-order valence-corrected chi connectivity index (χ4v) is 2.92. The zero-order valence-corrected chi connectivity index (χ0v) is 12.6. The second kappa shape index (κ2) is 5.83. The van der Waals surface area contributed by atoms with Crippen molar-refractivity contribution in [2.24, 2.45) is 5.92 Å². The van der Waals surface area contributed by atoms with Crippen molar-refractivity contribution in [1.82, 2.24) is 4.90 Å². The van der Waals surface area contributed by atoms with E-state index in [1.807, 2.05) is 0 Å². The second-order valence-electron chi connectivity index (χ2n) is 5.39. The van der Waals surface area contributed by atoms with Gasteiger partial charge in [-0.1, -0.05) is 19.1 Å². The van der Waals surface area contributed by atoms with E-state index in [0.717, 1.165) is 32.2 Å². The quantitative estimate of drug-likeness (QED) is 0.927. The van der Waals surface area contributed by atoms with Crippen LogP contribution in [0, 0.1) is 5.92 Å². The number of carbonyl (C=O) groups excluding carboxylic acids is 1. The molecule has 1 N–H and O–H groups in total. The molecule has 0 atom stereocenters. The number of sulfonamides is 1. The van der Waals surface area contributed by atoms with Gasteiger partial charge in [0.2, 0.25) is 10.0 Å². The summed E-state index contributed by atoms with van der Waals surface area (Å²) in [6.07, 6.45) is 3.07. The Hall–Kier alpha value is -1.56. The van der Waals surface area contributed by atoms with Gasteiger partial charge in [0.25, 0.3) is 5.91 Å². The van der Waals surface area contributed by atoms with E-state index in [4.69, 9.17) is 0 Å². The van der Waals surface area contributed by atoms with Crippen LogP contribution in [0.25, 0.3) is 0 Å². The van der Waals surface area contributed by atoms with Crippen molar-refractivity contribution < 1.29 is 13.2 Å². The van der Waals surface area contributed by atoms with E-state index in [2.05, 4.69) is 11.6 Å². The molecule has 1 fully saturated rings. The minimum absolute atomic E-state index is 0.108. The molecule has 1 aromatic rings. The summed E-state index contributed by atoms with van der Waals surface area (Å²) >= 11 is 0. The van der Waals surface area contributed by atoms with Crippen LogP contribution in [0.5, 0.6) is 0 Å². The molecule has 1 saturated heterocycles. The van der Waals surface area contributed by atoms with Crippen LogP contribution < -0.4 is 4.72 Å². The Bertz CT molecular complexity index is 590. The summed E-state index contributed by atoms with van der Waals surface area (Å²) in [5.74, 6) is 0.534. The largest absolute Gasteiger partial charge is 0.339 e. The van der Waals surface area contributed by atoms with Crippen molar-refractivity contribution in [1.29, 1.82) is 0 Å². The van der Waals surface area contributed by atoms with Crippen molar-refractivity contribution in [3.05, 3.63) is 29.8 Å². The summed E-state index contributed by atoms with van der Waals surface area (Å²) in [5.41, 5.74) is 0.756. The molecule has 0 radical (unpaired) electrons. The van der Waals surface area contributed by atoms with Crippen LogP contribution in [0.4, 0.5) is 5.69 Å². The van der Waals surface area contributed by atoms with E-state index >= 15 is 0 Å². The van der Waals surface area contributed by atoms with E-state index in [9.17, 15) is 13.2 Å². The molecule has 0 saturated carbocycles. The maximum Gasteiger partial charge on any atom is 0.255 e. The third-order valence-electron chi connectivity index (χ3n) is 3.52. The van der Waals surface area contributed by atoms with Crippen molar-refractivity contribution in [2.45, 2.75) is 19.8 Å². The maximum atomic E-state index is 12.5. The SMILES string of the molecule is CC1CCN(C(=O)c2ccccc2NS(C)(=O)=O)CC1. The first kappa shape index (κ1) is 14.8.